The van der Waals surface area contributed by atoms with Gasteiger partial charge in [-0.05, 0) is 73.3 Å². The van der Waals surface area contributed by atoms with Crippen LogP contribution >= 0.6 is 0 Å². The summed E-state index contributed by atoms with van der Waals surface area (Å²) < 4.78 is 0. The lowest BCUT2D eigenvalue weighted by molar-refractivity contribution is -0.145. The summed E-state index contributed by atoms with van der Waals surface area (Å²) in [7, 11) is 1.56. The van der Waals surface area contributed by atoms with E-state index < -0.39 is 40.4 Å². The zero-order valence-corrected chi connectivity index (χ0v) is 32.4. The molecule has 2 aliphatic heterocycles. The van der Waals surface area contributed by atoms with E-state index in [0.29, 0.717) is 25.9 Å². The molecule has 50 heavy (non-hydrogen) atoms. The van der Waals surface area contributed by atoms with Crippen molar-refractivity contribution < 1.29 is 24.0 Å². The van der Waals surface area contributed by atoms with Crippen LogP contribution in [0.4, 0.5) is 0 Å². The normalized spacial score (nSPS) is 32.4. The summed E-state index contributed by atoms with van der Waals surface area (Å²) in [5.41, 5.74) is -2.61. The van der Waals surface area contributed by atoms with Gasteiger partial charge in [-0.25, -0.2) is 0 Å². The molecule has 280 valence electrons. The third-order valence-electron chi connectivity index (χ3n) is 13.8. The van der Waals surface area contributed by atoms with Gasteiger partial charge in [0.15, 0.2) is 0 Å². The number of amides is 5. The molecule has 5 rings (SSSR count). The highest BCUT2D eigenvalue weighted by Crippen LogP contribution is 2.88. The second kappa shape index (κ2) is 12.9. The highest BCUT2D eigenvalue weighted by Gasteiger charge is 2.85. The average Bonchev–Trinajstić information content (AvgIpc) is 3.75. The van der Waals surface area contributed by atoms with E-state index in [-0.39, 0.29) is 51.7 Å². The molecule has 0 unspecified atom stereocenters. The van der Waals surface area contributed by atoms with Crippen molar-refractivity contribution in [3.8, 4) is 0 Å². The quantitative estimate of drug-likeness (QED) is 0.259. The molecule has 5 amide bonds. The molecule has 2 spiro atoms. The lowest BCUT2D eigenvalue weighted by Crippen LogP contribution is -2.63. The van der Waals surface area contributed by atoms with Gasteiger partial charge in [0, 0.05) is 31.5 Å². The minimum absolute atomic E-state index is 0.0535. The van der Waals surface area contributed by atoms with Crippen LogP contribution in [0.1, 0.15) is 107 Å². The summed E-state index contributed by atoms with van der Waals surface area (Å²) in [5, 5.41) is 11.9. The van der Waals surface area contributed by atoms with E-state index in [0.717, 1.165) is 45.2 Å². The van der Waals surface area contributed by atoms with E-state index in [1.807, 2.05) is 41.5 Å². The SMILES string of the molecule is C=C[C@@H]1C[C@]1(NC(=O)[C@@H]1C[C@@]2(CN1C(=O)[C@@H](NC(=O)[C@@H](NC(=O)[C@@H]1CCCN(CC)C1)C(C)(C)C)C(C)(C)C)C(C)(C)C21CCC1)C(=O)NC. The number of likely N-dealkylation sites (N-methyl/N-ethyl adjacent to an activating group) is 1. The van der Waals surface area contributed by atoms with Crippen LogP contribution in [-0.2, 0) is 24.0 Å². The summed E-state index contributed by atoms with van der Waals surface area (Å²) in [6.07, 6.45) is 7.66. The number of nitrogens with one attached hydrogen (secondary N) is 4. The third-order valence-corrected chi connectivity index (χ3v) is 13.8. The van der Waals surface area contributed by atoms with Crippen LogP contribution in [0.15, 0.2) is 12.7 Å². The third kappa shape index (κ3) is 6.07. The predicted octanol–water partition coefficient (Wildman–Crippen LogP) is 3.38. The van der Waals surface area contributed by atoms with Gasteiger partial charge >= 0.3 is 0 Å². The lowest BCUT2D eigenvalue weighted by atomic mass is 9.73. The van der Waals surface area contributed by atoms with E-state index in [1.165, 1.54) is 0 Å². The number of likely N-dealkylation sites (tertiary alicyclic amines) is 2. The molecule has 2 heterocycles. The zero-order chi connectivity index (χ0) is 37.2. The minimum atomic E-state index is -1.08. The number of hydrogen-bond donors (Lipinski definition) is 4. The summed E-state index contributed by atoms with van der Waals surface area (Å²) in [6.45, 7) is 24.9. The molecule has 5 fully saturated rings. The smallest absolute Gasteiger partial charge is 0.246 e. The van der Waals surface area contributed by atoms with Gasteiger partial charge in [0.05, 0.1) is 5.92 Å². The maximum atomic E-state index is 14.9. The van der Waals surface area contributed by atoms with Crippen LogP contribution in [-0.4, -0.2) is 96.2 Å². The van der Waals surface area contributed by atoms with Crippen LogP contribution in [0.25, 0.3) is 0 Å². The summed E-state index contributed by atoms with van der Waals surface area (Å²) in [6, 6.07) is -2.61. The molecule has 0 aromatic rings. The molecule has 0 bridgehead atoms. The van der Waals surface area contributed by atoms with Crippen molar-refractivity contribution in [2.24, 2.45) is 38.9 Å². The predicted molar refractivity (Wildman–Crippen MR) is 193 cm³/mol. The molecule has 4 N–H and O–H groups in total. The first kappa shape index (κ1) is 38.3. The Bertz CT molecular complexity index is 1410. The molecule has 11 nitrogen and oxygen atoms in total. The van der Waals surface area contributed by atoms with Gasteiger partial charge in [0.2, 0.25) is 29.5 Å². The monoisotopic (exact) mass is 696 g/mol. The molecule has 0 aromatic carbocycles. The fourth-order valence-electron chi connectivity index (χ4n) is 10.2. The Morgan fingerprint density at radius 3 is 2.02 bits per heavy atom. The fraction of sp³-hybridized carbons (Fsp3) is 0.821. The van der Waals surface area contributed by atoms with Crippen molar-refractivity contribution in [3.05, 3.63) is 12.7 Å². The molecule has 7 atom stereocenters. The molecule has 3 saturated carbocycles. The van der Waals surface area contributed by atoms with Crippen molar-refractivity contribution in [1.29, 1.82) is 0 Å². The van der Waals surface area contributed by atoms with E-state index in [9.17, 15) is 24.0 Å². The Balaban J connectivity index is 1.41. The van der Waals surface area contributed by atoms with Crippen molar-refractivity contribution >= 4 is 29.5 Å². The van der Waals surface area contributed by atoms with E-state index in [4.69, 9.17) is 0 Å². The topological polar surface area (TPSA) is 140 Å². The Morgan fingerprint density at radius 2 is 1.54 bits per heavy atom. The number of nitrogens with zero attached hydrogens (tertiary/aromatic N) is 2. The average molecular weight is 697 g/mol. The van der Waals surface area contributed by atoms with Crippen LogP contribution in [0.5, 0.6) is 0 Å². The van der Waals surface area contributed by atoms with E-state index >= 15 is 0 Å². The van der Waals surface area contributed by atoms with Gasteiger partial charge in [0.1, 0.15) is 23.7 Å². The van der Waals surface area contributed by atoms with Crippen LogP contribution < -0.4 is 21.3 Å². The Kier molecular flexibility index (Phi) is 9.89. The zero-order valence-electron chi connectivity index (χ0n) is 32.4. The van der Waals surface area contributed by atoms with Gasteiger partial charge in [-0.15, -0.1) is 6.58 Å². The number of fused-ring (bicyclic) bond motifs is 1. The number of carbonyl (C=O) groups excluding carboxylic acids is 5. The highest BCUT2D eigenvalue weighted by atomic mass is 16.2. The van der Waals surface area contributed by atoms with Crippen molar-refractivity contribution in [2.75, 3.05) is 33.2 Å². The maximum Gasteiger partial charge on any atom is 0.246 e. The largest absolute Gasteiger partial charge is 0.357 e. The van der Waals surface area contributed by atoms with E-state index in [2.05, 4.69) is 53.5 Å². The maximum absolute atomic E-state index is 14.9. The fourth-order valence-corrected chi connectivity index (χ4v) is 10.2. The lowest BCUT2D eigenvalue weighted by Gasteiger charge is -2.39. The van der Waals surface area contributed by atoms with Gasteiger partial charge < -0.3 is 31.1 Å². The Hall–Kier alpha value is -2.95. The molecular formula is C39H64N6O5. The molecule has 11 heteroatoms. The number of rotatable bonds is 10. The second-order valence-electron chi connectivity index (χ2n) is 18.8. The molecule has 0 aromatic heterocycles. The van der Waals surface area contributed by atoms with Gasteiger partial charge in [-0.3, -0.25) is 24.0 Å². The van der Waals surface area contributed by atoms with E-state index in [1.54, 1.807) is 18.0 Å². The standard InChI is InChI=1S/C39H64N6O5/c1-12-25-20-39(25,33(50)40-11)43-30(47)26-21-38(36(9,10)37(38)17-15-18-37)23-45(26)32(49)28(35(6,7)8)42-31(48)27(34(3,4)5)41-29(46)24-16-14-19-44(13-2)22-24/h12,24-28H,1,13-23H2,2-11H3,(H,40,50)(H,41,46)(H,42,48)(H,43,47)/t24-,25-,26+,27-,28-,38-,39-/m1/s1. The number of carbonyl (C=O) groups is 5. The molecule has 2 saturated heterocycles. The Labute approximate surface area is 299 Å². The first-order valence-corrected chi connectivity index (χ1v) is 19.0. The van der Waals surface area contributed by atoms with Crippen molar-refractivity contribution in [2.45, 2.75) is 131 Å². The number of piperidine rings is 1. The minimum Gasteiger partial charge on any atom is -0.357 e. The van der Waals surface area contributed by atoms with Crippen molar-refractivity contribution in [3.63, 3.8) is 0 Å². The highest BCUT2D eigenvalue weighted by molar-refractivity contribution is 5.99. The van der Waals surface area contributed by atoms with Crippen LogP contribution in [0, 0.1) is 38.9 Å². The Morgan fingerprint density at radius 1 is 0.900 bits per heavy atom. The summed E-state index contributed by atoms with van der Waals surface area (Å²) in [4.78, 5) is 74.1. The van der Waals surface area contributed by atoms with Crippen molar-refractivity contribution in [1.82, 2.24) is 31.1 Å². The molecular weight excluding hydrogens is 632 g/mol. The molecule has 5 aliphatic rings. The first-order valence-electron chi connectivity index (χ1n) is 19.0. The van der Waals surface area contributed by atoms with Gasteiger partial charge in [-0.2, -0.15) is 0 Å². The first-order chi connectivity index (χ1) is 23.2. The summed E-state index contributed by atoms with van der Waals surface area (Å²) >= 11 is 0. The second-order valence-corrected chi connectivity index (χ2v) is 18.8. The number of hydrogen-bond acceptors (Lipinski definition) is 6. The van der Waals surface area contributed by atoms with Crippen LogP contribution in [0.2, 0.25) is 0 Å². The van der Waals surface area contributed by atoms with Crippen LogP contribution in [0.3, 0.4) is 0 Å². The van der Waals surface area contributed by atoms with Gasteiger partial charge in [0.25, 0.3) is 0 Å². The summed E-state index contributed by atoms with van der Waals surface area (Å²) in [5.74, 6) is -1.86. The molecule has 0 radical (unpaired) electrons. The van der Waals surface area contributed by atoms with Gasteiger partial charge in [-0.1, -0.05) is 74.8 Å². The molecule has 3 aliphatic carbocycles.